The Morgan fingerprint density at radius 3 is 2.23 bits per heavy atom. The molecule has 0 aliphatic heterocycles. The lowest BCUT2D eigenvalue weighted by Gasteiger charge is -2.29. The van der Waals surface area contributed by atoms with E-state index in [-0.39, 0.29) is 0 Å². The van der Waals surface area contributed by atoms with E-state index in [0.29, 0.717) is 0 Å². The van der Waals surface area contributed by atoms with Crippen molar-refractivity contribution in [2.45, 2.75) is 12.8 Å². The van der Waals surface area contributed by atoms with E-state index < -0.39 is 0 Å². The van der Waals surface area contributed by atoms with Gasteiger partial charge in [0.25, 0.3) is 0 Å². The summed E-state index contributed by atoms with van der Waals surface area (Å²) in [6.45, 7) is 1.15. The molecule has 1 heteroatoms. The van der Waals surface area contributed by atoms with Crippen LogP contribution in [-0.2, 0) is 6.42 Å². The van der Waals surface area contributed by atoms with Gasteiger partial charge in [0.15, 0.2) is 0 Å². The van der Waals surface area contributed by atoms with Crippen LogP contribution in [0.4, 0.5) is 5.69 Å². The topological polar surface area (TPSA) is 0 Å². The van der Waals surface area contributed by atoms with Crippen molar-refractivity contribution < 1.29 is 0 Å². The van der Waals surface area contributed by atoms with E-state index in [0.717, 1.165) is 17.4 Å². The molecule has 0 aliphatic rings. The molecule has 0 spiro atoms. The molecule has 3 aromatic rings. The summed E-state index contributed by atoms with van der Waals surface area (Å²) in [5, 5.41) is 2.74. The van der Waals surface area contributed by atoms with E-state index in [1.165, 1.54) is 28.4 Å². The van der Waals surface area contributed by atoms with E-state index in [2.05, 4.69) is 86.9 Å². The van der Waals surface area contributed by atoms with Crippen LogP contribution in [0, 0.1) is 0 Å². The van der Waals surface area contributed by atoms with Crippen LogP contribution in [0.15, 0.2) is 72.8 Å². The number of rotatable bonds is 5. The normalized spacial score (nSPS) is 11.7. The molecule has 0 saturated carbocycles. The third-order valence-corrected chi connectivity index (χ3v) is 4.50. The van der Waals surface area contributed by atoms with Gasteiger partial charge in [-0.2, -0.15) is 0 Å². The second kappa shape index (κ2) is 6.33. The first-order valence-corrected chi connectivity index (χ1v) is 8.02. The number of quaternary nitrogens is 1. The highest BCUT2D eigenvalue weighted by Crippen LogP contribution is 2.22. The quantitative estimate of drug-likeness (QED) is 0.577. The van der Waals surface area contributed by atoms with Gasteiger partial charge in [-0.15, -0.1) is 0 Å². The minimum atomic E-state index is 0.936. The Labute approximate surface area is 133 Å². The van der Waals surface area contributed by atoms with Crippen LogP contribution in [-0.4, -0.2) is 20.6 Å². The van der Waals surface area contributed by atoms with E-state index in [4.69, 9.17) is 0 Å². The maximum Gasteiger partial charge on any atom is 0.132 e. The summed E-state index contributed by atoms with van der Waals surface area (Å²) >= 11 is 0. The minimum absolute atomic E-state index is 0.936. The third-order valence-electron chi connectivity index (χ3n) is 4.50. The average molecular weight is 290 g/mol. The first kappa shape index (κ1) is 14.8. The molecular weight excluding hydrogens is 266 g/mol. The van der Waals surface area contributed by atoms with Crippen molar-refractivity contribution in [2.75, 3.05) is 20.6 Å². The number of nitrogens with zero attached hydrogens (tertiary/aromatic N) is 1. The zero-order chi connectivity index (χ0) is 15.4. The van der Waals surface area contributed by atoms with Crippen molar-refractivity contribution in [3.05, 3.63) is 78.4 Å². The molecule has 0 bridgehead atoms. The SMILES string of the molecule is C[N+](C)(CCCc1cccc2ccccc12)c1ccccc1. The van der Waals surface area contributed by atoms with Gasteiger partial charge in [0.2, 0.25) is 0 Å². The standard InChI is InChI=1S/C21H24N/c1-22(2,20-14-4-3-5-15-20)17-9-13-19-12-8-11-18-10-6-7-16-21(18)19/h3-8,10-12,14-16H,9,13,17H2,1-2H3/q+1. The van der Waals surface area contributed by atoms with Crippen LogP contribution in [0.1, 0.15) is 12.0 Å². The summed E-state index contributed by atoms with van der Waals surface area (Å²) in [7, 11) is 4.58. The molecule has 0 saturated heterocycles. The number of hydrogen-bond acceptors (Lipinski definition) is 0. The zero-order valence-electron chi connectivity index (χ0n) is 13.5. The maximum atomic E-state index is 2.29. The number of hydrogen-bond donors (Lipinski definition) is 0. The molecule has 0 unspecified atom stereocenters. The summed E-state index contributed by atoms with van der Waals surface area (Å²) in [5.41, 5.74) is 2.84. The second-order valence-corrected chi connectivity index (χ2v) is 6.49. The first-order valence-electron chi connectivity index (χ1n) is 8.02. The van der Waals surface area contributed by atoms with Crippen LogP contribution >= 0.6 is 0 Å². The average Bonchev–Trinajstić information content (AvgIpc) is 2.56. The van der Waals surface area contributed by atoms with Crippen molar-refractivity contribution in [3.63, 3.8) is 0 Å². The van der Waals surface area contributed by atoms with Crippen LogP contribution in [0.3, 0.4) is 0 Å². The van der Waals surface area contributed by atoms with E-state index in [9.17, 15) is 0 Å². The molecule has 0 amide bonds. The first-order chi connectivity index (χ1) is 10.7. The molecule has 3 rings (SSSR count). The Balaban J connectivity index is 1.70. The van der Waals surface area contributed by atoms with Gasteiger partial charge in [0.05, 0.1) is 20.6 Å². The van der Waals surface area contributed by atoms with Crippen LogP contribution in [0.25, 0.3) is 10.8 Å². The van der Waals surface area contributed by atoms with Gasteiger partial charge in [0.1, 0.15) is 5.69 Å². The smallest absolute Gasteiger partial charge is 0.132 e. The Bertz CT molecular complexity index is 739. The monoisotopic (exact) mass is 290 g/mol. The van der Waals surface area contributed by atoms with Gasteiger partial charge >= 0.3 is 0 Å². The highest BCUT2D eigenvalue weighted by Gasteiger charge is 2.17. The minimum Gasteiger partial charge on any atom is -0.296 e. The van der Waals surface area contributed by atoms with Crippen molar-refractivity contribution in [2.24, 2.45) is 0 Å². The molecule has 22 heavy (non-hydrogen) atoms. The lowest BCUT2D eigenvalue weighted by molar-refractivity contribution is 0.391. The molecule has 0 fully saturated rings. The highest BCUT2D eigenvalue weighted by atomic mass is 15.3. The van der Waals surface area contributed by atoms with Gasteiger partial charge in [-0.25, -0.2) is 0 Å². The largest absolute Gasteiger partial charge is 0.296 e. The lowest BCUT2D eigenvalue weighted by atomic mass is 10.0. The molecule has 1 nitrogen and oxygen atoms in total. The summed E-state index contributed by atoms with van der Waals surface area (Å²) in [6.07, 6.45) is 2.33. The van der Waals surface area contributed by atoms with Crippen LogP contribution < -0.4 is 4.48 Å². The molecule has 0 aliphatic carbocycles. The molecule has 0 atom stereocenters. The van der Waals surface area contributed by atoms with Gasteiger partial charge in [-0.05, 0) is 34.9 Å². The molecule has 3 aromatic carbocycles. The van der Waals surface area contributed by atoms with Crippen molar-refractivity contribution in [3.8, 4) is 0 Å². The van der Waals surface area contributed by atoms with Crippen LogP contribution in [0.5, 0.6) is 0 Å². The molecular formula is C21H24N+. The number of aryl methyl sites for hydroxylation is 1. The van der Waals surface area contributed by atoms with Crippen molar-refractivity contribution in [1.82, 2.24) is 4.48 Å². The second-order valence-electron chi connectivity index (χ2n) is 6.49. The Morgan fingerprint density at radius 2 is 1.41 bits per heavy atom. The van der Waals surface area contributed by atoms with Gasteiger partial charge in [-0.1, -0.05) is 60.7 Å². The molecule has 112 valence electrons. The Hall–Kier alpha value is -2.12. The fourth-order valence-corrected chi connectivity index (χ4v) is 3.14. The fraction of sp³-hybridized carbons (Fsp3) is 0.238. The number of benzene rings is 3. The number of fused-ring (bicyclic) bond motifs is 1. The summed E-state index contributed by atoms with van der Waals surface area (Å²) < 4.78 is 0.936. The predicted octanol–water partition coefficient (Wildman–Crippen LogP) is 5.04. The lowest BCUT2D eigenvalue weighted by Crippen LogP contribution is -2.41. The van der Waals surface area contributed by atoms with E-state index >= 15 is 0 Å². The molecule has 0 N–H and O–H groups in total. The fourth-order valence-electron chi connectivity index (χ4n) is 3.14. The van der Waals surface area contributed by atoms with E-state index in [1.807, 2.05) is 0 Å². The summed E-state index contributed by atoms with van der Waals surface area (Å²) in [4.78, 5) is 0. The van der Waals surface area contributed by atoms with Crippen molar-refractivity contribution in [1.29, 1.82) is 0 Å². The van der Waals surface area contributed by atoms with Crippen molar-refractivity contribution >= 4 is 16.5 Å². The van der Waals surface area contributed by atoms with Gasteiger partial charge < -0.3 is 0 Å². The van der Waals surface area contributed by atoms with Gasteiger partial charge in [-0.3, -0.25) is 4.48 Å². The molecule has 0 radical (unpaired) electrons. The number of para-hydroxylation sites is 1. The summed E-state index contributed by atoms with van der Waals surface area (Å²) in [6, 6.07) is 26.1. The van der Waals surface area contributed by atoms with Gasteiger partial charge in [0, 0.05) is 6.42 Å². The maximum absolute atomic E-state index is 2.29. The zero-order valence-corrected chi connectivity index (χ0v) is 13.5. The molecule has 0 heterocycles. The highest BCUT2D eigenvalue weighted by molar-refractivity contribution is 5.85. The summed E-state index contributed by atoms with van der Waals surface area (Å²) in [5.74, 6) is 0. The third kappa shape index (κ3) is 3.20. The Kier molecular flexibility index (Phi) is 4.26. The van der Waals surface area contributed by atoms with Crippen LogP contribution in [0.2, 0.25) is 0 Å². The van der Waals surface area contributed by atoms with E-state index in [1.54, 1.807) is 0 Å². The Morgan fingerprint density at radius 1 is 0.727 bits per heavy atom. The molecule has 0 aromatic heterocycles. The predicted molar refractivity (Wildman–Crippen MR) is 97.2 cm³/mol.